The molecule has 0 aliphatic heterocycles. The fraction of sp³-hybridized carbons (Fsp3) is 0.0455. The maximum atomic E-state index is 13.4. The van der Waals surface area contributed by atoms with Crippen LogP contribution in [-0.2, 0) is 10.0 Å². The molecule has 0 saturated heterocycles. The van der Waals surface area contributed by atoms with Gasteiger partial charge in [-0.2, -0.15) is 0 Å². The Balaban J connectivity index is 1.77. The van der Waals surface area contributed by atoms with Crippen molar-refractivity contribution in [1.29, 1.82) is 0 Å². The van der Waals surface area contributed by atoms with Gasteiger partial charge in [-0.05, 0) is 65.0 Å². The molecule has 152 valence electrons. The van der Waals surface area contributed by atoms with E-state index in [1.165, 1.54) is 24.3 Å². The molecule has 4 rings (SSSR count). The number of fused-ring (bicyclic) bond motifs is 1. The van der Waals surface area contributed by atoms with E-state index >= 15 is 0 Å². The van der Waals surface area contributed by atoms with Gasteiger partial charge >= 0.3 is 0 Å². The minimum atomic E-state index is -3.84. The van der Waals surface area contributed by atoms with Gasteiger partial charge in [-0.3, -0.25) is 9.52 Å². The Morgan fingerprint density at radius 1 is 0.933 bits per heavy atom. The van der Waals surface area contributed by atoms with Gasteiger partial charge in [-0.25, -0.2) is 12.8 Å². The van der Waals surface area contributed by atoms with E-state index in [0.29, 0.717) is 11.3 Å². The van der Waals surface area contributed by atoms with Crippen molar-refractivity contribution < 1.29 is 17.6 Å². The molecule has 2 N–H and O–H groups in total. The van der Waals surface area contributed by atoms with Gasteiger partial charge in [-0.15, -0.1) is 11.3 Å². The second-order valence-electron chi connectivity index (χ2n) is 6.70. The third kappa shape index (κ3) is 4.05. The summed E-state index contributed by atoms with van der Waals surface area (Å²) in [7, 11) is -3.84. The molecular formula is C22H17FN2O3S2. The van der Waals surface area contributed by atoms with Gasteiger partial charge in [0.1, 0.15) is 10.0 Å². The molecule has 0 spiro atoms. The van der Waals surface area contributed by atoms with Crippen molar-refractivity contribution in [3.05, 3.63) is 89.1 Å². The smallest absolute Gasteiger partial charge is 0.271 e. The fourth-order valence-corrected chi connectivity index (χ4v) is 5.14. The number of amides is 1. The lowest BCUT2D eigenvalue weighted by Gasteiger charge is -2.15. The molecule has 0 aliphatic carbocycles. The lowest BCUT2D eigenvalue weighted by Crippen LogP contribution is -2.18. The number of hydrogen-bond donors (Lipinski definition) is 2. The number of carbonyl (C=O) groups excluding carboxylic acids is 1. The van der Waals surface area contributed by atoms with Gasteiger partial charge in [-0.1, -0.05) is 30.3 Å². The highest BCUT2D eigenvalue weighted by atomic mass is 32.2. The molecule has 8 heteroatoms. The second kappa shape index (κ2) is 7.89. The molecular weight excluding hydrogens is 423 g/mol. The highest BCUT2D eigenvalue weighted by molar-refractivity contribution is 7.94. The van der Waals surface area contributed by atoms with Gasteiger partial charge in [0, 0.05) is 5.69 Å². The van der Waals surface area contributed by atoms with Crippen LogP contribution in [0.5, 0.6) is 0 Å². The van der Waals surface area contributed by atoms with E-state index in [-0.39, 0.29) is 15.5 Å². The van der Waals surface area contributed by atoms with Crippen LogP contribution < -0.4 is 10.0 Å². The number of sulfonamides is 1. The molecule has 0 bridgehead atoms. The summed E-state index contributed by atoms with van der Waals surface area (Å²) in [5, 5.41) is 5.99. The maximum Gasteiger partial charge on any atom is 0.271 e. The van der Waals surface area contributed by atoms with E-state index in [0.717, 1.165) is 22.1 Å². The Hall–Kier alpha value is -3.23. The highest BCUT2D eigenvalue weighted by Gasteiger charge is 2.21. The fourth-order valence-electron chi connectivity index (χ4n) is 3.08. The summed E-state index contributed by atoms with van der Waals surface area (Å²) in [6, 6.07) is 17.8. The molecule has 0 radical (unpaired) electrons. The average molecular weight is 441 g/mol. The topological polar surface area (TPSA) is 75.3 Å². The van der Waals surface area contributed by atoms with Gasteiger partial charge in [0.05, 0.1) is 11.3 Å². The number of rotatable bonds is 5. The van der Waals surface area contributed by atoms with Crippen LogP contribution in [0.1, 0.15) is 15.9 Å². The molecule has 4 aromatic rings. The van der Waals surface area contributed by atoms with E-state index in [1.54, 1.807) is 30.5 Å². The number of thiophene rings is 1. The monoisotopic (exact) mass is 440 g/mol. The predicted octanol–water partition coefficient (Wildman–Crippen LogP) is 5.40. The van der Waals surface area contributed by atoms with E-state index in [9.17, 15) is 17.6 Å². The third-order valence-corrected chi connectivity index (χ3v) is 7.33. The Kier molecular flexibility index (Phi) is 5.27. The van der Waals surface area contributed by atoms with Crippen molar-refractivity contribution in [3.63, 3.8) is 0 Å². The number of carbonyl (C=O) groups is 1. The normalized spacial score (nSPS) is 11.4. The number of hydrogen-bond acceptors (Lipinski definition) is 4. The van der Waals surface area contributed by atoms with E-state index < -0.39 is 21.7 Å². The molecule has 0 unspecified atom stereocenters. The standard InChI is InChI=1S/C22H17FN2O3S2/c1-14-11-17(23)8-9-19(14)24-22(26)18-12-15-5-2-3-6-16(15)13-20(18)25-30(27,28)21-7-4-10-29-21/h2-13,25H,1H3,(H,24,26). The van der Waals surface area contributed by atoms with Crippen molar-refractivity contribution >= 4 is 49.4 Å². The predicted molar refractivity (Wildman–Crippen MR) is 118 cm³/mol. The Labute approximate surface area is 177 Å². The number of nitrogens with one attached hydrogen (secondary N) is 2. The third-order valence-electron chi connectivity index (χ3n) is 4.57. The SMILES string of the molecule is Cc1cc(F)ccc1NC(=O)c1cc2ccccc2cc1NS(=O)(=O)c1cccs1. The molecule has 0 atom stereocenters. The Morgan fingerprint density at radius 3 is 2.33 bits per heavy atom. The number of anilines is 2. The molecule has 30 heavy (non-hydrogen) atoms. The summed E-state index contributed by atoms with van der Waals surface area (Å²) in [4.78, 5) is 13.1. The van der Waals surface area contributed by atoms with Crippen LogP contribution in [0.2, 0.25) is 0 Å². The first-order valence-corrected chi connectivity index (χ1v) is 11.4. The molecule has 5 nitrogen and oxygen atoms in total. The average Bonchev–Trinajstić information content (AvgIpc) is 3.25. The van der Waals surface area contributed by atoms with Crippen LogP contribution in [0.3, 0.4) is 0 Å². The van der Waals surface area contributed by atoms with Crippen molar-refractivity contribution in [3.8, 4) is 0 Å². The van der Waals surface area contributed by atoms with Gasteiger partial charge in [0.15, 0.2) is 0 Å². The largest absolute Gasteiger partial charge is 0.322 e. The number of halogens is 1. The highest BCUT2D eigenvalue weighted by Crippen LogP contribution is 2.29. The van der Waals surface area contributed by atoms with Crippen LogP contribution in [0, 0.1) is 12.7 Å². The molecule has 1 heterocycles. The van der Waals surface area contributed by atoms with Gasteiger partial charge < -0.3 is 5.32 Å². The molecule has 0 aliphatic rings. The summed E-state index contributed by atoms with van der Waals surface area (Å²) >= 11 is 1.09. The summed E-state index contributed by atoms with van der Waals surface area (Å²) < 4.78 is 41.6. The van der Waals surface area contributed by atoms with Crippen LogP contribution in [-0.4, -0.2) is 14.3 Å². The summed E-state index contributed by atoms with van der Waals surface area (Å²) in [6.07, 6.45) is 0. The zero-order chi connectivity index (χ0) is 21.3. The molecule has 1 amide bonds. The minimum absolute atomic E-state index is 0.149. The van der Waals surface area contributed by atoms with Crippen LogP contribution >= 0.6 is 11.3 Å². The zero-order valence-electron chi connectivity index (χ0n) is 15.8. The van der Waals surface area contributed by atoms with Crippen molar-refractivity contribution in [2.75, 3.05) is 10.0 Å². The van der Waals surface area contributed by atoms with E-state index in [2.05, 4.69) is 10.0 Å². The number of benzene rings is 3. The van der Waals surface area contributed by atoms with Gasteiger partial charge in [0.25, 0.3) is 15.9 Å². The first kappa shape index (κ1) is 20.1. The first-order chi connectivity index (χ1) is 14.3. The molecule has 1 aromatic heterocycles. The quantitative estimate of drug-likeness (QED) is 0.436. The Morgan fingerprint density at radius 2 is 1.67 bits per heavy atom. The Bertz CT molecular complexity index is 1350. The number of aryl methyl sites for hydroxylation is 1. The van der Waals surface area contributed by atoms with Crippen LogP contribution in [0.15, 0.2) is 76.3 Å². The van der Waals surface area contributed by atoms with E-state index in [4.69, 9.17) is 0 Å². The van der Waals surface area contributed by atoms with Gasteiger partial charge in [0.2, 0.25) is 0 Å². The van der Waals surface area contributed by atoms with Crippen LogP contribution in [0.25, 0.3) is 10.8 Å². The maximum absolute atomic E-state index is 13.4. The van der Waals surface area contributed by atoms with Crippen LogP contribution in [0.4, 0.5) is 15.8 Å². The molecule has 0 saturated carbocycles. The van der Waals surface area contributed by atoms with Crippen molar-refractivity contribution in [1.82, 2.24) is 0 Å². The molecule has 3 aromatic carbocycles. The molecule has 0 fully saturated rings. The second-order valence-corrected chi connectivity index (χ2v) is 9.55. The zero-order valence-corrected chi connectivity index (χ0v) is 17.5. The lowest BCUT2D eigenvalue weighted by atomic mass is 10.0. The van der Waals surface area contributed by atoms with E-state index in [1.807, 2.05) is 24.3 Å². The minimum Gasteiger partial charge on any atom is -0.322 e. The van der Waals surface area contributed by atoms with Crippen molar-refractivity contribution in [2.45, 2.75) is 11.1 Å². The summed E-state index contributed by atoms with van der Waals surface area (Å²) in [5.41, 5.74) is 1.34. The summed E-state index contributed by atoms with van der Waals surface area (Å²) in [6.45, 7) is 1.68. The first-order valence-electron chi connectivity index (χ1n) is 9.00. The van der Waals surface area contributed by atoms with Crippen molar-refractivity contribution in [2.24, 2.45) is 0 Å². The summed E-state index contributed by atoms with van der Waals surface area (Å²) in [5.74, 6) is -0.903. The lowest BCUT2D eigenvalue weighted by molar-refractivity contribution is 0.102.